The fraction of sp³-hybridized carbons (Fsp3) is 0.818. The van der Waals surface area contributed by atoms with E-state index in [1.54, 1.807) is 11.9 Å². The standard InChI is InChI=1S/C11H21N3O/c1-4-11(5-2,9-13)10(15)14(3)8-6-7-12/h4-6,8-9,13H2,1-3H3. The number of carbonyl (C=O) groups excluding carboxylic acids is 1. The molecule has 0 saturated carbocycles. The first-order chi connectivity index (χ1) is 7.07. The van der Waals surface area contributed by atoms with Gasteiger partial charge in [-0.05, 0) is 12.8 Å². The van der Waals surface area contributed by atoms with Crippen LogP contribution in [0.25, 0.3) is 0 Å². The van der Waals surface area contributed by atoms with Crippen LogP contribution in [0.3, 0.4) is 0 Å². The molecule has 0 aromatic heterocycles. The highest BCUT2D eigenvalue weighted by molar-refractivity contribution is 5.82. The Morgan fingerprint density at radius 3 is 2.33 bits per heavy atom. The van der Waals surface area contributed by atoms with Gasteiger partial charge in [0.25, 0.3) is 0 Å². The van der Waals surface area contributed by atoms with Gasteiger partial charge in [-0.3, -0.25) is 4.79 Å². The number of rotatable bonds is 6. The van der Waals surface area contributed by atoms with Crippen molar-refractivity contribution in [1.82, 2.24) is 4.90 Å². The third kappa shape index (κ3) is 3.21. The zero-order valence-corrected chi connectivity index (χ0v) is 9.92. The van der Waals surface area contributed by atoms with Crippen LogP contribution >= 0.6 is 0 Å². The summed E-state index contributed by atoms with van der Waals surface area (Å²) in [7, 11) is 1.73. The first-order valence-corrected chi connectivity index (χ1v) is 5.40. The summed E-state index contributed by atoms with van der Waals surface area (Å²) in [6.07, 6.45) is 1.86. The first-order valence-electron chi connectivity index (χ1n) is 5.40. The van der Waals surface area contributed by atoms with Gasteiger partial charge in [-0.15, -0.1) is 0 Å². The van der Waals surface area contributed by atoms with Crippen molar-refractivity contribution in [1.29, 1.82) is 5.26 Å². The minimum absolute atomic E-state index is 0.0604. The van der Waals surface area contributed by atoms with E-state index in [0.717, 1.165) is 12.8 Å². The minimum atomic E-state index is -0.440. The SMILES string of the molecule is CCC(CC)(CN)C(=O)N(C)CCC#N. The van der Waals surface area contributed by atoms with Crippen molar-refractivity contribution in [2.24, 2.45) is 11.1 Å². The van der Waals surface area contributed by atoms with Gasteiger partial charge in [0.05, 0.1) is 17.9 Å². The van der Waals surface area contributed by atoms with E-state index in [1.165, 1.54) is 0 Å². The molecule has 0 radical (unpaired) electrons. The van der Waals surface area contributed by atoms with Crippen molar-refractivity contribution in [3.8, 4) is 6.07 Å². The predicted octanol–water partition coefficient (Wildman–Crippen LogP) is 1.12. The van der Waals surface area contributed by atoms with Crippen LogP contribution in [0.5, 0.6) is 0 Å². The van der Waals surface area contributed by atoms with Crippen LogP contribution < -0.4 is 5.73 Å². The summed E-state index contributed by atoms with van der Waals surface area (Å²) in [5.74, 6) is 0.0604. The molecule has 15 heavy (non-hydrogen) atoms. The van der Waals surface area contributed by atoms with E-state index in [0.29, 0.717) is 19.5 Å². The lowest BCUT2D eigenvalue weighted by Crippen LogP contribution is -2.46. The fourth-order valence-corrected chi connectivity index (χ4v) is 1.65. The average Bonchev–Trinajstić information content (AvgIpc) is 2.28. The van der Waals surface area contributed by atoms with Gasteiger partial charge in [-0.25, -0.2) is 0 Å². The zero-order valence-electron chi connectivity index (χ0n) is 9.92. The molecule has 0 bridgehead atoms. The Labute approximate surface area is 92.0 Å². The van der Waals surface area contributed by atoms with Crippen molar-refractivity contribution < 1.29 is 4.79 Å². The Balaban J connectivity index is 4.57. The van der Waals surface area contributed by atoms with Gasteiger partial charge >= 0.3 is 0 Å². The summed E-state index contributed by atoms with van der Waals surface area (Å²) in [5, 5.41) is 8.46. The number of nitriles is 1. The summed E-state index contributed by atoms with van der Waals surface area (Å²) in [6, 6.07) is 2.03. The predicted molar refractivity (Wildman–Crippen MR) is 59.9 cm³/mol. The Bertz CT molecular complexity index is 232. The third-order valence-corrected chi connectivity index (χ3v) is 3.10. The van der Waals surface area contributed by atoms with Crippen molar-refractivity contribution in [2.75, 3.05) is 20.1 Å². The molecule has 2 N–H and O–H groups in total. The topological polar surface area (TPSA) is 70.1 Å². The lowest BCUT2D eigenvalue weighted by atomic mass is 9.81. The monoisotopic (exact) mass is 211 g/mol. The highest BCUT2D eigenvalue weighted by atomic mass is 16.2. The number of hydrogen-bond donors (Lipinski definition) is 1. The fourth-order valence-electron chi connectivity index (χ4n) is 1.65. The maximum Gasteiger partial charge on any atom is 0.229 e. The molecule has 0 aliphatic heterocycles. The second kappa shape index (κ2) is 6.41. The largest absolute Gasteiger partial charge is 0.344 e. The molecule has 0 aliphatic carbocycles. The number of nitrogens with two attached hydrogens (primary N) is 1. The van der Waals surface area contributed by atoms with Crippen molar-refractivity contribution >= 4 is 5.91 Å². The molecule has 86 valence electrons. The smallest absolute Gasteiger partial charge is 0.229 e. The van der Waals surface area contributed by atoms with Crippen molar-refractivity contribution in [2.45, 2.75) is 33.1 Å². The minimum Gasteiger partial charge on any atom is -0.344 e. The van der Waals surface area contributed by atoms with Gasteiger partial charge in [0, 0.05) is 20.1 Å². The van der Waals surface area contributed by atoms with Gasteiger partial charge in [0.15, 0.2) is 0 Å². The molecule has 0 aliphatic rings. The van der Waals surface area contributed by atoms with Crippen LogP contribution in [0.1, 0.15) is 33.1 Å². The number of amides is 1. The first kappa shape index (κ1) is 13.9. The van der Waals surface area contributed by atoms with Gasteiger partial charge in [0.2, 0.25) is 5.91 Å². The van der Waals surface area contributed by atoms with Gasteiger partial charge in [-0.1, -0.05) is 13.8 Å². The summed E-state index contributed by atoms with van der Waals surface area (Å²) >= 11 is 0. The Hall–Kier alpha value is -1.08. The van der Waals surface area contributed by atoms with E-state index in [4.69, 9.17) is 11.0 Å². The van der Waals surface area contributed by atoms with E-state index >= 15 is 0 Å². The molecule has 4 nitrogen and oxygen atoms in total. The summed E-state index contributed by atoms with van der Waals surface area (Å²) < 4.78 is 0. The second-order valence-electron chi connectivity index (χ2n) is 3.83. The Morgan fingerprint density at radius 1 is 1.47 bits per heavy atom. The quantitative estimate of drug-likeness (QED) is 0.715. The second-order valence-corrected chi connectivity index (χ2v) is 3.83. The van der Waals surface area contributed by atoms with Gasteiger partial charge < -0.3 is 10.6 Å². The van der Waals surface area contributed by atoms with Crippen LogP contribution in [0.2, 0.25) is 0 Å². The molecule has 0 rings (SSSR count). The molecular weight excluding hydrogens is 190 g/mol. The lowest BCUT2D eigenvalue weighted by molar-refractivity contribution is -0.140. The lowest BCUT2D eigenvalue weighted by Gasteiger charge is -2.32. The molecule has 0 fully saturated rings. The third-order valence-electron chi connectivity index (χ3n) is 3.10. The van der Waals surface area contributed by atoms with Crippen molar-refractivity contribution in [3.63, 3.8) is 0 Å². The molecule has 0 spiro atoms. The van der Waals surface area contributed by atoms with E-state index in [2.05, 4.69) is 0 Å². The van der Waals surface area contributed by atoms with Gasteiger partial charge in [-0.2, -0.15) is 5.26 Å². The highest BCUT2D eigenvalue weighted by Crippen LogP contribution is 2.27. The highest BCUT2D eigenvalue weighted by Gasteiger charge is 2.35. The normalized spacial score (nSPS) is 10.9. The van der Waals surface area contributed by atoms with Gasteiger partial charge in [0.1, 0.15) is 0 Å². The number of carbonyl (C=O) groups is 1. The summed E-state index contributed by atoms with van der Waals surface area (Å²) in [4.78, 5) is 13.7. The van der Waals surface area contributed by atoms with Crippen molar-refractivity contribution in [3.05, 3.63) is 0 Å². The number of hydrogen-bond acceptors (Lipinski definition) is 3. The van der Waals surface area contributed by atoms with E-state index in [9.17, 15) is 4.79 Å². The molecule has 0 heterocycles. The Kier molecular flexibility index (Phi) is 5.95. The molecule has 4 heteroatoms. The van der Waals surface area contributed by atoms with E-state index in [1.807, 2.05) is 19.9 Å². The van der Waals surface area contributed by atoms with Crippen LogP contribution in [0.15, 0.2) is 0 Å². The molecule has 0 aromatic carbocycles. The maximum atomic E-state index is 12.1. The van der Waals surface area contributed by atoms with Crippen LogP contribution in [0.4, 0.5) is 0 Å². The molecule has 0 unspecified atom stereocenters. The van der Waals surface area contributed by atoms with E-state index in [-0.39, 0.29) is 5.91 Å². The summed E-state index contributed by atoms with van der Waals surface area (Å²) in [6.45, 7) is 4.81. The molecular formula is C11H21N3O. The molecule has 0 saturated heterocycles. The Morgan fingerprint density at radius 2 is 2.00 bits per heavy atom. The molecule has 1 amide bonds. The van der Waals surface area contributed by atoms with Crippen LogP contribution in [-0.4, -0.2) is 30.9 Å². The average molecular weight is 211 g/mol. The van der Waals surface area contributed by atoms with Crippen LogP contribution in [0, 0.1) is 16.7 Å². The molecule has 0 aromatic rings. The molecule has 0 atom stereocenters. The zero-order chi connectivity index (χ0) is 11.9. The summed E-state index contributed by atoms with van der Waals surface area (Å²) in [5.41, 5.74) is 5.24. The van der Waals surface area contributed by atoms with E-state index < -0.39 is 5.41 Å². The van der Waals surface area contributed by atoms with Crippen LogP contribution in [-0.2, 0) is 4.79 Å². The maximum absolute atomic E-state index is 12.1. The number of nitrogens with zero attached hydrogens (tertiary/aromatic N) is 2.